The Hall–Kier alpha value is -1.57. The second-order valence-corrected chi connectivity index (χ2v) is 6.69. The Morgan fingerprint density at radius 3 is 2.54 bits per heavy atom. The molecule has 1 aromatic rings. The molecule has 2 amide bonds. The molecule has 1 fully saturated rings. The maximum atomic E-state index is 11.9. The lowest BCUT2D eigenvalue weighted by Gasteiger charge is -2.20. The number of thiocarbonyl (C=S) groups is 1. The van der Waals surface area contributed by atoms with Crippen molar-refractivity contribution in [1.29, 1.82) is 0 Å². The smallest absolute Gasteiger partial charge is 0.257 e. The fourth-order valence-corrected chi connectivity index (χ4v) is 3.03. The first-order valence-corrected chi connectivity index (χ1v) is 8.70. The number of benzene rings is 1. The SMILES string of the molecule is O=C(CN1CCCCCC1=O)NNC(=S)Nc1cc(Cl)cc(Cl)c1. The van der Waals surface area contributed by atoms with Crippen LogP contribution in [-0.4, -0.2) is 34.9 Å². The van der Waals surface area contributed by atoms with Crippen molar-refractivity contribution in [1.82, 2.24) is 15.8 Å². The van der Waals surface area contributed by atoms with E-state index in [1.54, 1.807) is 23.1 Å². The number of nitrogens with one attached hydrogen (secondary N) is 3. The van der Waals surface area contributed by atoms with E-state index in [2.05, 4.69) is 16.2 Å². The highest BCUT2D eigenvalue weighted by molar-refractivity contribution is 7.80. The molecular formula is C15H18Cl2N4O2S. The zero-order valence-corrected chi connectivity index (χ0v) is 15.2. The molecular weight excluding hydrogens is 371 g/mol. The third-order valence-corrected chi connectivity index (χ3v) is 4.08. The summed E-state index contributed by atoms with van der Waals surface area (Å²) in [4.78, 5) is 25.4. The molecule has 1 aliphatic rings. The van der Waals surface area contributed by atoms with E-state index in [1.165, 1.54) is 0 Å². The van der Waals surface area contributed by atoms with Gasteiger partial charge in [0.25, 0.3) is 5.91 Å². The van der Waals surface area contributed by atoms with Crippen molar-refractivity contribution in [3.63, 3.8) is 0 Å². The summed E-state index contributed by atoms with van der Waals surface area (Å²) in [6.07, 6.45) is 3.31. The second kappa shape index (κ2) is 9.05. The number of carbonyl (C=O) groups excluding carboxylic acids is 2. The van der Waals surface area contributed by atoms with Gasteiger partial charge in [0, 0.05) is 28.7 Å². The molecule has 0 aromatic heterocycles. The highest BCUT2D eigenvalue weighted by Gasteiger charge is 2.19. The van der Waals surface area contributed by atoms with E-state index in [0.29, 0.717) is 28.7 Å². The number of halogens is 2. The van der Waals surface area contributed by atoms with Crippen LogP contribution in [0.3, 0.4) is 0 Å². The van der Waals surface area contributed by atoms with E-state index >= 15 is 0 Å². The molecule has 6 nitrogen and oxygen atoms in total. The molecule has 0 atom stereocenters. The van der Waals surface area contributed by atoms with Gasteiger partial charge in [0.1, 0.15) is 6.54 Å². The second-order valence-electron chi connectivity index (χ2n) is 5.41. The van der Waals surface area contributed by atoms with E-state index < -0.39 is 0 Å². The Bertz CT molecular complexity index is 622. The van der Waals surface area contributed by atoms with Gasteiger partial charge in [0.15, 0.2) is 5.11 Å². The van der Waals surface area contributed by atoms with Gasteiger partial charge < -0.3 is 10.2 Å². The maximum Gasteiger partial charge on any atom is 0.257 e. The summed E-state index contributed by atoms with van der Waals surface area (Å²) in [5, 5.41) is 3.98. The quantitative estimate of drug-likeness (QED) is 0.548. The third kappa shape index (κ3) is 6.14. The summed E-state index contributed by atoms with van der Waals surface area (Å²) in [6, 6.07) is 4.91. The average Bonchev–Trinajstić information content (AvgIpc) is 2.69. The molecule has 1 aromatic carbocycles. The van der Waals surface area contributed by atoms with Gasteiger partial charge in [0.2, 0.25) is 5.91 Å². The van der Waals surface area contributed by atoms with Crippen LogP contribution in [0.1, 0.15) is 25.7 Å². The van der Waals surface area contributed by atoms with Crippen LogP contribution in [0.15, 0.2) is 18.2 Å². The first-order chi connectivity index (χ1) is 11.4. The van der Waals surface area contributed by atoms with E-state index in [4.69, 9.17) is 35.4 Å². The largest absolute Gasteiger partial charge is 0.333 e. The minimum Gasteiger partial charge on any atom is -0.333 e. The molecule has 2 rings (SSSR count). The van der Waals surface area contributed by atoms with Crippen molar-refractivity contribution >= 4 is 58.0 Å². The van der Waals surface area contributed by atoms with Crippen LogP contribution in [0.5, 0.6) is 0 Å². The van der Waals surface area contributed by atoms with Crippen molar-refractivity contribution in [2.45, 2.75) is 25.7 Å². The summed E-state index contributed by atoms with van der Waals surface area (Å²) in [6.45, 7) is 0.618. The Morgan fingerprint density at radius 2 is 1.83 bits per heavy atom. The highest BCUT2D eigenvalue weighted by atomic mass is 35.5. The standard InChI is InChI=1S/C15H18Cl2N4O2S/c16-10-6-11(17)8-12(7-10)18-15(24)20-19-13(22)9-21-5-3-1-2-4-14(21)23/h6-8H,1-5,9H2,(H,19,22)(H2,18,20,24). The van der Waals surface area contributed by atoms with Gasteiger partial charge in [-0.2, -0.15) is 0 Å². The zero-order chi connectivity index (χ0) is 17.5. The van der Waals surface area contributed by atoms with Gasteiger partial charge >= 0.3 is 0 Å². The first-order valence-electron chi connectivity index (χ1n) is 7.54. The normalized spacial score (nSPS) is 14.8. The minimum absolute atomic E-state index is 0.0110. The van der Waals surface area contributed by atoms with Gasteiger partial charge in [-0.25, -0.2) is 0 Å². The molecule has 3 N–H and O–H groups in total. The number of hydrogen-bond donors (Lipinski definition) is 3. The highest BCUT2D eigenvalue weighted by Crippen LogP contribution is 2.22. The van der Waals surface area contributed by atoms with Crippen molar-refractivity contribution in [3.8, 4) is 0 Å². The van der Waals surface area contributed by atoms with Gasteiger partial charge in [0.05, 0.1) is 0 Å². The number of anilines is 1. The van der Waals surface area contributed by atoms with Crippen LogP contribution < -0.4 is 16.2 Å². The van der Waals surface area contributed by atoms with Gasteiger partial charge in [-0.15, -0.1) is 0 Å². The minimum atomic E-state index is -0.335. The summed E-state index contributed by atoms with van der Waals surface area (Å²) in [5.74, 6) is -0.324. The van der Waals surface area contributed by atoms with Crippen molar-refractivity contribution < 1.29 is 9.59 Å². The lowest BCUT2D eigenvalue weighted by atomic mass is 10.2. The fourth-order valence-electron chi connectivity index (χ4n) is 2.33. The number of hydrogen-bond acceptors (Lipinski definition) is 3. The Balaban J connectivity index is 1.78. The first kappa shape index (κ1) is 18.8. The van der Waals surface area contributed by atoms with Crippen LogP contribution in [0.4, 0.5) is 5.69 Å². The molecule has 0 spiro atoms. The molecule has 1 saturated heterocycles. The summed E-state index contributed by atoms with van der Waals surface area (Å²) >= 11 is 16.9. The molecule has 0 saturated carbocycles. The molecule has 0 aliphatic carbocycles. The van der Waals surface area contributed by atoms with Crippen LogP contribution in [-0.2, 0) is 9.59 Å². The molecule has 1 heterocycles. The molecule has 130 valence electrons. The van der Waals surface area contributed by atoms with Crippen LogP contribution in [0.2, 0.25) is 10.0 Å². The predicted molar refractivity (Wildman–Crippen MR) is 99.0 cm³/mol. The number of nitrogens with zero attached hydrogens (tertiary/aromatic N) is 1. The number of hydrazine groups is 1. The number of amides is 2. The topological polar surface area (TPSA) is 73.5 Å². The van der Waals surface area contributed by atoms with Crippen molar-refractivity contribution in [2.24, 2.45) is 0 Å². The Kier molecular flexibility index (Phi) is 7.08. The summed E-state index contributed by atoms with van der Waals surface area (Å²) in [5.41, 5.74) is 5.65. The fraction of sp³-hybridized carbons (Fsp3) is 0.400. The van der Waals surface area contributed by atoms with Crippen LogP contribution >= 0.6 is 35.4 Å². The Labute approximate surface area is 155 Å². The van der Waals surface area contributed by atoms with Crippen molar-refractivity contribution in [2.75, 3.05) is 18.4 Å². The van der Waals surface area contributed by atoms with Gasteiger partial charge in [-0.05, 0) is 43.3 Å². The molecule has 0 radical (unpaired) electrons. The molecule has 1 aliphatic heterocycles. The zero-order valence-electron chi connectivity index (χ0n) is 12.9. The monoisotopic (exact) mass is 388 g/mol. The molecule has 24 heavy (non-hydrogen) atoms. The molecule has 9 heteroatoms. The van der Waals surface area contributed by atoms with Crippen molar-refractivity contribution in [3.05, 3.63) is 28.2 Å². The van der Waals surface area contributed by atoms with E-state index in [0.717, 1.165) is 19.3 Å². The number of carbonyl (C=O) groups is 2. The van der Waals surface area contributed by atoms with Gasteiger partial charge in [-0.1, -0.05) is 29.6 Å². The van der Waals surface area contributed by atoms with E-state index in [9.17, 15) is 9.59 Å². The maximum absolute atomic E-state index is 11.9. The van der Waals surface area contributed by atoms with E-state index in [1.807, 2.05) is 0 Å². The lowest BCUT2D eigenvalue weighted by Crippen LogP contribution is -2.48. The summed E-state index contributed by atoms with van der Waals surface area (Å²) in [7, 11) is 0. The van der Waals surface area contributed by atoms with Crippen LogP contribution in [0.25, 0.3) is 0 Å². The number of likely N-dealkylation sites (tertiary alicyclic amines) is 1. The number of rotatable bonds is 3. The lowest BCUT2D eigenvalue weighted by molar-refractivity contribution is -0.135. The van der Waals surface area contributed by atoms with E-state index in [-0.39, 0.29) is 23.5 Å². The average molecular weight is 389 g/mol. The van der Waals surface area contributed by atoms with Gasteiger partial charge in [-0.3, -0.25) is 20.4 Å². The Morgan fingerprint density at radius 1 is 1.12 bits per heavy atom. The summed E-state index contributed by atoms with van der Waals surface area (Å²) < 4.78 is 0. The predicted octanol–water partition coefficient (Wildman–Crippen LogP) is 2.71. The third-order valence-electron chi connectivity index (χ3n) is 3.44. The van der Waals surface area contributed by atoms with Crippen LogP contribution in [0, 0.1) is 0 Å². The molecule has 0 bridgehead atoms. The molecule has 0 unspecified atom stereocenters.